The molecule has 0 aliphatic carbocycles. The number of nitrogens with zero attached hydrogens (tertiary/aromatic N) is 2. The quantitative estimate of drug-likeness (QED) is 0.835. The molecular formula is C18H22FN3O4S. The minimum absolute atomic E-state index is 0.0888. The molecule has 9 heteroatoms. The van der Waals surface area contributed by atoms with Crippen molar-refractivity contribution in [1.29, 1.82) is 0 Å². The Morgan fingerprint density at radius 1 is 1.26 bits per heavy atom. The summed E-state index contributed by atoms with van der Waals surface area (Å²) in [7, 11) is -3.66. The van der Waals surface area contributed by atoms with Crippen LogP contribution in [0.1, 0.15) is 29.9 Å². The fourth-order valence-electron chi connectivity index (χ4n) is 3.28. The Kier molecular flexibility index (Phi) is 5.61. The van der Waals surface area contributed by atoms with Crippen LogP contribution in [0.5, 0.6) is 0 Å². The molecule has 3 rings (SSSR count). The van der Waals surface area contributed by atoms with Gasteiger partial charge < -0.3 is 9.84 Å². The van der Waals surface area contributed by atoms with E-state index in [1.54, 1.807) is 26.0 Å². The zero-order chi connectivity index (χ0) is 19.6. The van der Waals surface area contributed by atoms with Gasteiger partial charge in [-0.3, -0.25) is 4.79 Å². The van der Waals surface area contributed by atoms with Gasteiger partial charge in [-0.15, -0.1) is 0 Å². The molecule has 27 heavy (non-hydrogen) atoms. The van der Waals surface area contributed by atoms with Crippen molar-refractivity contribution in [1.82, 2.24) is 14.8 Å². The van der Waals surface area contributed by atoms with Gasteiger partial charge in [-0.2, -0.15) is 4.31 Å². The molecule has 7 nitrogen and oxygen atoms in total. The molecule has 1 saturated heterocycles. The van der Waals surface area contributed by atoms with Crippen molar-refractivity contribution in [3.05, 3.63) is 47.1 Å². The zero-order valence-corrected chi connectivity index (χ0v) is 16.1. The van der Waals surface area contributed by atoms with Gasteiger partial charge in [0.25, 0.3) is 0 Å². The number of aryl methyl sites for hydroxylation is 2. The van der Waals surface area contributed by atoms with Crippen LogP contribution in [-0.4, -0.2) is 42.9 Å². The highest BCUT2D eigenvalue weighted by Crippen LogP contribution is 2.25. The highest BCUT2D eigenvalue weighted by atomic mass is 32.2. The van der Waals surface area contributed by atoms with Crippen molar-refractivity contribution in [3.63, 3.8) is 0 Å². The first-order chi connectivity index (χ1) is 12.8. The summed E-state index contributed by atoms with van der Waals surface area (Å²) in [4.78, 5) is 12.3. The number of piperidine rings is 1. The lowest BCUT2D eigenvalue weighted by Gasteiger charge is -2.31. The van der Waals surface area contributed by atoms with Crippen LogP contribution in [0.3, 0.4) is 0 Å². The molecule has 1 N–H and O–H groups in total. The summed E-state index contributed by atoms with van der Waals surface area (Å²) >= 11 is 0. The molecule has 0 atom stereocenters. The lowest BCUT2D eigenvalue weighted by atomic mass is 10.1. The summed E-state index contributed by atoms with van der Waals surface area (Å²) in [6, 6.07) is 5.71. The zero-order valence-electron chi connectivity index (χ0n) is 15.2. The van der Waals surface area contributed by atoms with Crippen molar-refractivity contribution in [3.8, 4) is 0 Å². The molecule has 0 bridgehead atoms. The van der Waals surface area contributed by atoms with E-state index in [0.29, 0.717) is 31.6 Å². The van der Waals surface area contributed by atoms with Gasteiger partial charge >= 0.3 is 0 Å². The van der Waals surface area contributed by atoms with E-state index in [1.165, 1.54) is 16.4 Å². The number of hydrogen-bond donors (Lipinski definition) is 1. The minimum Gasteiger partial charge on any atom is -0.360 e. The molecule has 2 aromatic rings. The number of aromatic nitrogens is 1. The number of benzene rings is 1. The van der Waals surface area contributed by atoms with Crippen LogP contribution >= 0.6 is 0 Å². The Morgan fingerprint density at radius 3 is 2.44 bits per heavy atom. The van der Waals surface area contributed by atoms with Crippen molar-refractivity contribution in [2.24, 2.45) is 0 Å². The van der Waals surface area contributed by atoms with Crippen molar-refractivity contribution in [2.45, 2.75) is 44.0 Å². The van der Waals surface area contributed by atoms with E-state index >= 15 is 0 Å². The van der Waals surface area contributed by atoms with Gasteiger partial charge in [0.2, 0.25) is 15.9 Å². The van der Waals surface area contributed by atoms with E-state index in [1.807, 2.05) is 0 Å². The molecule has 0 spiro atoms. The standard InChI is InChI=1S/C18H22FN3O4S/c1-12-18(13(2)26-21-12)27(24,25)22-9-7-16(8-10-22)20-17(23)11-14-3-5-15(19)6-4-14/h3-6,16H,7-11H2,1-2H3,(H,20,23). The molecule has 1 aromatic heterocycles. The Morgan fingerprint density at radius 2 is 1.89 bits per heavy atom. The number of halogens is 1. The normalized spacial score (nSPS) is 16.4. The summed E-state index contributed by atoms with van der Waals surface area (Å²) in [6.07, 6.45) is 1.22. The number of hydrogen-bond acceptors (Lipinski definition) is 5. The molecule has 2 heterocycles. The molecule has 1 fully saturated rings. The molecule has 1 amide bonds. The van der Waals surface area contributed by atoms with E-state index in [-0.39, 0.29) is 34.8 Å². The third-order valence-electron chi connectivity index (χ3n) is 4.66. The van der Waals surface area contributed by atoms with Crippen LogP contribution in [-0.2, 0) is 21.2 Å². The van der Waals surface area contributed by atoms with Gasteiger partial charge in [0.15, 0.2) is 5.76 Å². The van der Waals surface area contributed by atoms with Gasteiger partial charge in [0, 0.05) is 19.1 Å². The summed E-state index contributed by atoms with van der Waals surface area (Å²) in [5.74, 6) is -0.220. The second kappa shape index (κ2) is 7.77. The minimum atomic E-state index is -3.66. The third-order valence-corrected chi connectivity index (χ3v) is 6.81. The number of carbonyl (C=O) groups is 1. The van der Waals surface area contributed by atoms with Crippen LogP contribution in [0.2, 0.25) is 0 Å². The van der Waals surface area contributed by atoms with Crippen molar-refractivity contribution in [2.75, 3.05) is 13.1 Å². The Labute approximate surface area is 157 Å². The second-order valence-corrected chi connectivity index (χ2v) is 8.58. The number of sulfonamides is 1. The van der Waals surface area contributed by atoms with Gasteiger partial charge in [-0.25, -0.2) is 12.8 Å². The number of nitrogens with one attached hydrogen (secondary N) is 1. The number of rotatable bonds is 5. The van der Waals surface area contributed by atoms with E-state index in [2.05, 4.69) is 10.5 Å². The van der Waals surface area contributed by atoms with Gasteiger partial charge in [-0.1, -0.05) is 17.3 Å². The first-order valence-corrected chi connectivity index (χ1v) is 10.2. The summed E-state index contributed by atoms with van der Waals surface area (Å²) in [5.41, 5.74) is 1.08. The fourth-order valence-corrected chi connectivity index (χ4v) is 5.04. The monoisotopic (exact) mass is 395 g/mol. The van der Waals surface area contributed by atoms with Crippen LogP contribution in [0, 0.1) is 19.7 Å². The maximum Gasteiger partial charge on any atom is 0.248 e. The maximum atomic E-state index is 12.9. The molecular weight excluding hydrogens is 373 g/mol. The topological polar surface area (TPSA) is 92.5 Å². The van der Waals surface area contributed by atoms with Crippen LogP contribution in [0.25, 0.3) is 0 Å². The third kappa shape index (κ3) is 4.36. The van der Waals surface area contributed by atoms with Crippen LogP contribution in [0.4, 0.5) is 4.39 Å². The molecule has 0 saturated carbocycles. The molecule has 0 unspecified atom stereocenters. The number of amides is 1. The summed E-state index contributed by atoms with van der Waals surface area (Å²) < 4.78 is 44.9. The number of carbonyl (C=O) groups excluding carboxylic acids is 1. The average molecular weight is 395 g/mol. The lowest BCUT2D eigenvalue weighted by Crippen LogP contribution is -2.46. The smallest absolute Gasteiger partial charge is 0.248 e. The van der Waals surface area contributed by atoms with Gasteiger partial charge in [0.05, 0.1) is 6.42 Å². The SMILES string of the molecule is Cc1noc(C)c1S(=O)(=O)N1CCC(NC(=O)Cc2ccc(F)cc2)CC1. The van der Waals surface area contributed by atoms with Crippen molar-refractivity contribution >= 4 is 15.9 Å². The first-order valence-electron chi connectivity index (χ1n) is 8.74. The van der Waals surface area contributed by atoms with Gasteiger partial charge in [0.1, 0.15) is 16.4 Å². The highest BCUT2D eigenvalue weighted by molar-refractivity contribution is 7.89. The largest absolute Gasteiger partial charge is 0.360 e. The van der Waals surface area contributed by atoms with Crippen molar-refractivity contribution < 1.29 is 22.1 Å². The van der Waals surface area contributed by atoms with E-state index in [9.17, 15) is 17.6 Å². The Hall–Kier alpha value is -2.26. The Balaban J connectivity index is 1.56. The lowest BCUT2D eigenvalue weighted by molar-refractivity contribution is -0.121. The predicted octanol–water partition coefficient (Wildman–Crippen LogP) is 1.94. The van der Waals surface area contributed by atoms with E-state index in [0.717, 1.165) is 5.56 Å². The highest BCUT2D eigenvalue weighted by Gasteiger charge is 2.34. The molecule has 1 aliphatic rings. The molecule has 1 aromatic carbocycles. The Bertz CT molecular complexity index is 897. The van der Waals surface area contributed by atoms with E-state index < -0.39 is 10.0 Å². The molecule has 0 radical (unpaired) electrons. The second-order valence-electron chi connectivity index (χ2n) is 6.70. The average Bonchev–Trinajstić information content (AvgIpc) is 2.96. The van der Waals surface area contributed by atoms with Gasteiger partial charge in [-0.05, 0) is 44.4 Å². The molecule has 146 valence electrons. The van der Waals surface area contributed by atoms with Crippen LogP contribution in [0.15, 0.2) is 33.7 Å². The summed E-state index contributed by atoms with van der Waals surface area (Å²) in [6.45, 7) is 3.81. The maximum absolute atomic E-state index is 12.9. The van der Waals surface area contributed by atoms with Crippen LogP contribution < -0.4 is 5.32 Å². The fraction of sp³-hybridized carbons (Fsp3) is 0.444. The van der Waals surface area contributed by atoms with E-state index in [4.69, 9.17) is 4.52 Å². The predicted molar refractivity (Wildman–Crippen MR) is 96.0 cm³/mol. The molecule has 1 aliphatic heterocycles. The summed E-state index contributed by atoms with van der Waals surface area (Å²) in [5, 5.41) is 6.64. The first kappa shape index (κ1) is 19.5.